The number of aliphatic carboxylic acids is 1. The number of rotatable bonds is 4. The van der Waals surface area contributed by atoms with Gasteiger partial charge in [-0.15, -0.1) is 0 Å². The van der Waals surface area contributed by atoms with E-state index in [1.807, 2.05) is 30.3 Å². The Bertz CT molecular complexity index is 418. The summed E-state index contributed by atoms with van der Waals surface area (Å²) in [6, 6.07) is 9.52. The molecule has 1 amide bonds. The number of benzene rings is 1. The Hall–Kier alpha value is -2.04. The SMILES string of the molecule is O=C(O)CC1CN(Cc2ccccc2)C(=O)O1. The lowest BCUT2D eigenvalue weighted by atomic mass is 10.2. The number of carboxylic acids is 1. The summed E-state index contributed by atoms with van der Waals surface area (Å²) in [5.74, 6) is -0.954. The highest BCUT2D eigenvalue weighted by Crippen LogP contribution is 2.17. The molecule has 1 fully saturated rings. The van der Waals surface area contributed by atoms with E-state index in [2.05, 4.69) is 0 Å². The zero-order valence-electron chi connectivity index (χ0n) is 9.20. The van der Waals surface area contributed by atoms with Crippen molar-refractivity contribution in [3.8, 4) is 0 Å². The summed E-state index contributed by atoms with van der Waals surface area (Å²) < 4.78 is 4.96. The first kappa shape index (κ1) is 11.4. The highest BCUT2D eigenvalue weighted by atomic mass is 16.6. The van der Waals surface area contributed by atoms with Crippen LogP contribution < -0.4 is 0 Å². The smallest absolute Gasteiger partial charge is 0.410 e. The van der Waals surface area contributed by atoms with E-state index in [1.165, 1.54) is 4.90 Å². The molecule has 1 N–H and O–H groups in total. The second kappa shape index (κ2) is 4.86. The van der Waals surface area contributed by atoms with Crippen molar-refractivity contribution in [3.05, 3.63) is 35.9 Å². The topological polar surface area (TPSA) is 66.8 Å². The molecule has 5 heteroatoms. The number of hydrogen-bond acceptors (Lipinski definition) is 3. The minimum Gasteiger partial charge on any atom is -0.481 e. The fraction of sp³-hybridized carbons (Fsp3) is 0.333. The first-order chi connectivity index (χ1) is 8.15. The molecule has 1 aromatic carbocycles. The van der Waals surface area contributed by atoms with Gasteiger partial charge >= 0.3 is 12.1 Å². The Kier molecular flexibility index (Phi) is 3.27. The van der Waals surface area contributed by atoms with Crippen LogP contribution in [0.25, 0.3) is 0 Å². The predicted molar refractivity (Wildman–Crippen MR) is 59.4 cm³/mol. The molecule has 2 rings (SSSR count). The average Bonchev–Trinajstić information content (AvgIpc) is 2.59. The fourth-order valence-electron chi connectivity index (χ4n) is 1.81. The Morgan fingerprint density at radius 3 is 2.76 bits per heavy atom. The molecule has 1 unspecified atom stereocenters. The normalized spacial score (nSPS) is 19.2. The van der Waals surface area contributed by atoms with Gasteiger partial charge in [0.1, 0.15) is 6.10 Å². The first-order valence-electron chi connectivity index (χ1n) is 5.36. The standard InChI is InChI=1S/C12H13NO4/c14-11(15)6-10-8-13(12(16)17-10)7-9-4-2-1-3-5-9/h1-5,10H,6-8H2,(H,14,15). The minimum absolute atomic E-state index is 0.142. The van der Waals surface area contributed by atoms with Crippen molar-refractivity contribution < 1.29 is 19.4 Å². The van der Waals surface area contributed by atoms with Crippen LogP contribution in [0.4, 0.5) is 4.79 Å². The summed E-state index contributed by atoms with van der Waals surface area (Å²) in [6.07, 6.45) is -1.12. The number of ether oxygens (including phenoxy) is 1. The van der Waals surface area contributed by atoms with Crippen molar-refractivity contribution in [1.82, 2.24) is 4.90 Å². The zero-order chi connectivity index (χ0) is 12.3. The summed E-state index contributed by atoms with van der Waals surface area (Å²) in [4.78, 5) is 23.5. The quantitative estimate of drug-likeness (QED) is 0.858. The van der Waals surface area contributed by atoms with E-state index < -0.39 is 18.2 Å². The van der Waals surface area contributed by atoms with Gasteiger partial charge in [-0.3, -0.25) is 4.79 Å². The molecule has 0 aliphatic carbocycles. The van der Waals surface area contributed by atoms with Crippen molar-refractivity contribution >= 4 is 12.1 Å². The molecule has 0 saturated carbocycles. The molecule has 1 atom stereocenters. The maximum absolute atomic E-state index is 11.5. The summed E-state index contributed by atoms with van der Waals surface area (Å²) in [6.45, 7) is 0.788. The second-order valence-electron chi connectivity index (χ2n) is 3.97. The molecule has 0 spiro atoms. The number of cyclic esters (lactones) is 1. The summed E-state index contributed by atoms with van der Waals surface area (Å²) in [5, 5.41) is 8.63. The highest BCUT2D eigenvalue weighted by Gasteiger charge is 2.32. The number of carboxylic acid groups (broad SMARTS) is 1. The number of hydrogen-bond donors (Lipinski definition) is 1. The van der Waals surface area contributed by atoms with Crippen molar-refractivity contribution in [3.63, 3.8) is 0 Å². The molecular weight excluding hydrogens is 222 g/mol. The van der Waals surface area contributed by atoms with E-state index in [9.17, 15) is 9.59 Å². The Morgan fingerprint density at radius 1 is 1.41 bits per heavy atom. The van der Waals surface area contributed by atoms with Crippen LogP contribution in [0.15, 0.2) is 30.3 Å². The minimum atomic E-state index is -0.954. The van der Waals surface area contributed by atoms with Crippen LogP contribution in [0.1, 0.15) is 12.0 Å². The molecule has 1 aliphatic rings. The first-order valence-corrected chi connectivity index (χ1v) is 5.36. The van der Waals surface area contributed by atoms with E-state index in [-0.39, 0.29) is 6.42 Å². The molecule has 0 radical (unpaired) electrons. The van der Waals surface area contributed by atoms with Gasteiger partial charge in [0.25, 0.3) is 0 Å². The van der Waals surface area contributed by atoms with Gasteiger partial charge < -0.3 is 14.7 Å². The molecule has 0 bridgehead atoms. The van der Waals surface area contributed by atoms with Gasteiger partial charge in [0.2, 0.25) is 0 Å². The van der Waals surface area contributed by atoms with Crippen molar-refractivity contribution in [2.75, 3.05) is 6.54 Å². The van der Waals surface area contributed by atoms with Gasteiger partial charge in [-0.25, -0.2) is 4.79 Å². The van der Waals surface area contributed by atoms with Gasteiger partial charge in [0.05, 0.1) is 13.0 Å². The van der Waals surface area contributed by atoms with Crippen LogP contribution >= 0.6 is 0 Å². The van der Waals surface area contributed by atoms with E-state index in [1.54, 1.807) is 0 Å². The molecule has 5 nitrogen and oxygen atoms in total. The lowest BCUT2D eigenvalue weighted by Crippen LogP contribution is -2.25. The van der Waals surface area contributed by atoms with Gasteiger partial charge in [0.15, 0.2) is 0 Å². The molecule has 0 aromatic heterocycles. The third-order valence-electron chi connectivity index (χ3n) is 2.57. The fourth-order valence-corrected chi connectivity index (χ4v) is 1.81. The van der Waals surface area contributed by atoms with Crippen LogP contribution in [0.2, 0.25) is 0 Å². The lowest BCUT2D eigenvalue weighted by Gasteiger charge is -2.12. The van der Waals surface area contributed by atoms with Crippen LogP contribution in [0.3, 0.4) is 0 Å². The summed E-state index contributed by atoms with van der Waals surface area (Å²) in [5.41, 5.74) is 1.00. The lowest BCUT2D eigenvalue weighted by molar-refractivity contribution is -0.138. The van der Waals surface area contributed by atoms with Crippen molar-refractivity contribution in [1.29, 1.82) is 0 Å². The van der Waals surface area contributed by atoms with Crippen molar-refractivity contribution in [2.24, 2.45) is 0 Å². The largest absolute Gasteiger partial charge is 0.481 e. The van der Waals surface area contributed by atoms with Crippen LogP contribution in [0.5, 0.6) is 0 Å². The zero-order valence-corrected chi connectivity index (χ0v) is 9.20. The van der Waals surface area contributed by atoms with E-state index in [0.717, 1.165) is 5.56 Å². The van der Waals surface area contributed by atoms with Crippen LogP contribution in [-0.4, -0.2) is 34.7 Å². The Balaban J connectivity index is 1.95. The number of carbonyl (C=O) groups is 2. The second-order valence-corrected chi connectivity index (χ2v) is 3.97. The van der Waals surface area contributed by atoms with Gasteiger partial charge in [0, 0.05) is 6.54 Å². The van der Waals surface area contributed by atoms with Crippen LogP contribution in [0, 0.1) is 0 Å². The maximum Gasteiger partial charge on any atom is 0.410 e. The van der Waals surface area contributed by atoms with E-state index >= 15 is 0 Å². The predicted octanol–water partition coefficient (Wildman–Crippen LogP) is 1.48. The maximum atomic E-state index is 11.5. The molecule has 1 saturated heterocycles. The van der Waals surface area contributed by atoms with Crippen molar-refractivity contribution in [2.45, 2.75) is 19.1 Å². The molecule has 90 valence electrons. The Morgan fingerprint density at radius 2 is 2.12 bits per heavy atom. The van der Waals surface area contributed by atoms with Gasteiger partial charge in [-0.05, 0) is 5.56 Å². The summed E-state index contributed by atoms with van der Waals surface area (Å²) >= 11 is 0. The third kappa shape index (κ3) is 2.96. The van der Waals surface area contributed by atoms with Gasteiger partial charge in [-0.2, -0.15) is 0 Å². The average molecular weight is 235 g/mol. The summed E-state index contributed by atoms with van der Waals surface area (Å²) in [7, 11) is 0. The molecule has 17 heavy (non-hydrogen) atoms. The molecule has 1 aromatic rings. The molecular formula is C12H13NO4. The van der Waals surface area contributed by atoms with Crippen LogP contribution in [-0.2, 0) is 16.1 Å². The number of nitrogens with zero attached hydrogens (tertiary/aromatic N) is 1. The molecule has 1 aliphatic heterocycles. The monoisotopic (exact) mass is 235 g/mol. The van der Waals surface area contributed by atoms with E-state index in [4.69, 9.17) is 9.84 Å². The number of carbonyl (C=O) groups excluding carboxylic acids is 1. The Labute approximate surface area is 98.6 Å². The van der Waals surface area contributed by atoms with E-state index in [0.29, 0.717) is 13.1 Å². The molecule has 1 heterocycles. The highest BCUT2D eigenvalue weighted by molar-refractivity contribution is 5.72. The third-order valence-corrected chi connectivity index (χ3v) is 2.57. The van der Waals surface area contributed by atoms with Gasteiger partial charge in [-0.1, -0.05) is 30.3 Å². The number of amides is 1.